The highest BCUT2D eigenvalue weighted by Crippen LogP contribution is 2.12. The molecule has 2 heterocycles. The fourth-order valence-corrected chi connectivity index (χ4v) is 2.04. The predicted octanol–water partition coefficient (Wildman–Crippen LogP) is 1.15. The molecule has 0 bridgehead atoms. The second-order valence-electron chi connectivity index (χ2n) is 4.53. The van der Waals surface area contributed by atoms with Crippen molar-refractivity contribution in [3.63, 3.8) is 0 Å². The largest absolute Gasteiger partial charge is 0.501 e. The Labute approximate surface area is 119 Å². The van der Waals surface area contributed by atoms with Gasteiger partial charge in [-0.15, -0.1) is 0 Å². The first-order valence-corrected chi connectivity index (χ1v) is 6.82. The number of ether oxygens (including phenoxy) is 1. The van der Waals surface area contributed by atoms with Crippen LogP contribution in [0.2, 0.25) is 0 Å². The molecule has 0 radical (unpaired) electrons. The van der Waals surface area contributed by atoms with Crippen molar-refractivity contribution in [3.05, 3.63) is 24.2 Å². The summed E-state index contributed by atoms with van der Waals surface area (Å²) >= 11 is 0. The molecule has 1 aromatic heterocycles. The van der Waals surface area contributed by atoms with Gasteiger partial charge in [0, 0.05) is 39.3 Å². The average Bonchev–Trinajstić information content (AvgIpc) is 2.48. The molecule has 0 saturated carbocycles. The van der Waals surface area contributed by atoms with Gasteiger partial charge in [-0.1, -0.05) is 0 Å². The third-order valence-electron chi connectivity index (χ3n) is 3.17. The average molecular weight is 276 g/mol. The van der Waals surface area contributed by atoms with Crippen LogP contribution in [0.15, 0.2) is 18.5 Å². The Balaban J connectivity index is 1.99. The maximum atomic E-state index is 11.3. The van der Waals surface area contributed by atoms with Crippen molar-refractivity contribution >= 4 is 17.9 Å². The van der Waals surface area contributed by atoms with E-state index in [1.165, 1.54) is 0 Å². The first-order valence-electron chi connectivity index (χ1n) is 6.82. The van der Waals surface area contributed by atoms with Gasteiger partial charge in [0.2, 0.25) is 11.9 Å². The summed E-state index contributed by atoms with van der Waals surface area (Å²) in [7, 11) is 0. The van der Waals surface area contributed by atoms with Crippen molar-refractivity contribution in [1.82, 2.24) is 14.9 Å². The van der Waals surface area contributed by atoms with Gasteiger partial charge in [0.25, 0.3) is 0 Å². The number of piperazine rings is 1. The zero-order chi connectivity index (χ0) is 14.4. The number of hydrogen-bond acceptors (Lipinski definition) is 5. The van der Waals surface area contributed by atoms with Gasteiger partial charge in [-0.2, -0.15) is 0 Å². The van der Waals surface area contributed by atoms with Crippen LogP contribution in [0.4, 0.5) is 5.95 Å². The summed E-state index contributed by atoms with van der Waals surface area (Å²) in [5, 5.41) is 0. The van der Waals surface area contributed by atoms with Crippen LogP contribution < -0.4 is 4.90 Å². The summed E-state index contributed by atoms with van der Waals surface area (Å²) < 4.78 is 5.16. The highest BCUT2D eigenvalue weighted by Gasteiger charge is 2.20. The summed E-state index contributed by atoms with van der Waals surface area (Å²) in [6.07, 6.45) is 5.20. The van der Waals surface area contributed by atoms with E-state index >= 15 is 0 Å². The molecule has 0 N–H and O–H groups in total. The minimum Gasteiger partial charge on any atom is -0.501 e. The van der Waals surface area contributed by atoms with E-state index in [0.29, 0.717) is 12.6 Å². The topological polar surface area (TPSA) is 58.6 Å². The normalized spacial score (nSPS) is 15.7. The number of amides is 1. The quantitative estimate of drug-likeness (QED) is 0.772. The first-order chi connectivity index (χ1) is 9.70. The van der Waals surface area contributed by atoms with E-state index in [4.69, 9.17) is 4.74 Å². The summed E-state index contributed by atoms with van der Waals surface area (Å²) in [5.74, 6) is 0.825. The smallest absolute Gasteiger partial charge is 0.225 e. The Morgan fingerprint density at radius 1 is 1.40 bits per heavy atom. The Bertz CT molecular complexity index is 482. The van der Waals surface area contributed by atoms with Crippen molar-refractivity contribution in [3.8, 4) is 0 Å². The Hall–Kier alpha value is -2.11. The lowest BCUT2D eigenvalue weighted by Crippen LogP contribution is -2.48. The van der Waals surface area contributed by atoms with Gasteiger partial charge in [0.15, 0.2) is 0 Å². The van der Waals surface area contributed by atoms with E-state index in [-0.39, 0.29) is 5.91 Å². The van der Waals surface area contributed by atoms with Crippen molar-refractivity contribution < 1.29 is 9.53 Å². The molecule has 108 valence electrons. The number of nitrogens with zero attached hydrogens (tertiary/aromatic N) is 4. The lowest BCUT2D eigenvalue weighted by Gasteiger charge is -2.34. The Kier molecular flexibility index (Phi) is 4.92. The summed E-state index contributed by atoms with van der Waals surface area (Å²) in [6, 6.07) is 1.84. The maximum Gasteiger partial charge on any atom is 0.225 e. The van der Waals surface area contributed by atoms with Crippen molar-refractivity contribution in [1.29, 1.82) is 0 Å². The van der Waals surface area contributed by atoms with Gasteiger partial charge >= 0.3 is 0 Å². The van der Waals surface area contributed by atoms with Crippen LogP contribution in [0.1, 0.15) is 19.5 Å². The fraction of sp³-hybridized carbons (Fsp3) is 0.500. The lowest BCUT2D eigenvalue weighted by molar-refractivity contribution is -0.129. The Morgan fingerprint density at radius 3 is 2.80 bits per heavy atom. The number of carbonyl (C=O) groups excluding carboxylic acids is 1. The molecule has 20 heavy (non-hydrogen) atoms. The molecule has 1 saturated heterocycles. The molecule has 2 rings (SSSR count). The lowest BCUT2D eigenvalue weighted by atomic mass is 10.3. The molecule has 0 aromatic carbocycles. The van der Waals surface area contributed by atoms with Gasteiger partial charge in [-0.3, -0.25) is 4.79 Å². The standard InChI is InChI=1S/C14H20N4O2/c1-3-20-11-5-13-4-6-15-14(16-13)18-9-7-17(8-10-18)12(2)19/h4-6,11H,3,7-10H2,1-2H3. The minimum atomic E-state index is 0.124. The van der Waals surface area contributed by atoms with Gasteiger partial charge in [-0.05, 0) is 19.1 Å². The summed E-state index contributed by atoms with van der Waals surface area (Å²) in [6.45, 7) is 7.14. The van der Waals surface area contributed by atoms with Gasteiger partial charge in [-0.25, -0.2) is 9.97 Å². The molecule has 0 unspecified atom stereocenters. The van der Waals surface area contributed by atoms with Gasteiger partial charge in [0.05, 0.1) is 18.6 Å². The van der Waals surface area contributed by atoms with Gasteiger partial charge in [0.1, 0.15) is 0 Å². The third kappa shape index (κ3) is 3.69. The zero-order valence-corrected chi connectivity index (χ0v) is 12.0. The van der Waals surface area contributed by atoms with Crippen LogP contribution in [-0.2, 0) is 9.53 Å². The van der Waals surface area contributed by atoms with Crippen LogP contribution in [0.3, 0.4) is 0 Å². The van der Waals surface area contributed by atoms with Crippen molar-refractivity contribution in [2.24, 2.45) is 0 Å². The van der Waals surface area contributed by atoms with E-state index in [1.807, 2.05) is 24.0 Å². The summed E-state index contributed by atoms with van der Waals surface area (Å²) in [5.41, 5.74) is 0.817. The number of hydrogen-bond donors (Lipinski definition) is 0. The monoisotopic (exact) mass is 276 g/mol. The molecule has 1 fully saturated rings. The molecule has 6 heteroatoms. The number of rotatable bonds is 4. The molecule has 0 aliphatic carbocycles. The number of carbonyl (C=O) groups is 1. The molecule has 1 aromatic rings. The Morgan fingerprint density at radius 2 is 2.15 bits per heavy atom. The van der Waals surface area contributed by atoms with Crippen molar-refractivity contribution in [2.45, 2.75) is 13.8 Å². The second-order valence-corrected chi connectivity index (χ2v) is 4.53. The maximum absolute atomic E-state index is 11.3. The molecule has 1 amide bonds. The van der Waals surface area contributed by atoms with Crippen LogP contribution >= 0.6 is 0 Å². The zero-order valence-electron chi connectivity index (χ0n) is 12.0. The summed E-state index contributed by atoms with van der Waals surface area (Å²) in [4.78, 5) is 24.0. The molecule has 1 aliphatic rings. The molecule has 0 atom stereocenters. The highest BCUT2D eigenvalue weighted by atomic mass is 16.5. The molecule has 1 aliphatic heterocycles. The van der Waals surface area contributed by atoms with E-state index in [1.54, 1.807) is 19.4 Å². The number of anilines is 1. The molecular weight excluding hydrogens is 256 g/mol. The van der Waals surface area contributed by atoms with Crippen LogP contribution in [-0.4, -0.2) is 53.6 Å². The van der Waals surface area contributed by atoms with Crippen LogP contribution in [0.5, 0.6) is 0 Å². The second kappa shape index (κ2) is 6.88. The third-order valence-corrected chi connectivity index (χ3v) is 3.17. The fourth-order valence-electron chi connectivity index (χ4n) is 2.04. The SMILES string of the molecule is CCOC=Cc1ccnc(N2CCN(C(C)=O)CC2)n1. The predicted molar refractivity (Wildman–Crippen MR) is 77.2 cm³/mol. The molecular formula is C14H20N4O2. The first kappa shape index (κ1) is 14.3. The minimum absolute atomic E-state index is 0.124. The van der Waals surface area contributed by atoms with E-state index in [9.17, 15) is 4.79 Å². The molecule has 6 nitrogen and oxygen atoms in total. The highest BCUT2D eigenvalue weighted by molar-refractivity contribution is 5.73. The van der Waals surface area contributed by atoms with Gasteiger partial charge < -0.3 is 14.5 Å². The van der Waals surface area contributed by atoms with Crippen LogP contribution in [0.25, 0.3) is 6.08 Å². The van der Waals surface area contributed by atoms with E-state index in [2.05, 4.69) is 14.9 Å². The van der Waals surface area contributed by atoms with Crippen molar-refractivity contribution in [2.75, 3.05) is 37.7 Å². The van der Waals surface area contributed by atoms with Crippen LogP contribution in [0, 0.1) is 0 Å². The number of aromatic nitrogens is 2. The van der Waals surface area contributed by atoms with E-state index < -0.39 is 0 Å². The molecule has 0 spiro atoms. The van der Waals surface area contributed by atoms with E-state index in [0.717, 1.165) is 31.9 Å².